The van der Waals surface area contributed by atoms with Gasteiger partial charge in [0.15, 0.2) is 0 Å². The number of nitrogens with zero attached hydrogens (tertiary/aromatic N) is 2. The summed E-state index contributed by atoms with van der Waals surface area (Å²) < 4.78 is 0. The molecule has 1 N–H and O–H groups in total. The van der Waals surface area contributed by atoms with E-state index in [1.807, 2.05) is 6.20 Å². The van der Waals surface area contributed by atoms with Crippen molar-refractivity contribution in [2.75, 3.05) is 13.1 Å². The Bertz CT molecular complexity index is 544. The van der Waals surface area contributed by atoms with Gasteiger partial charge in [-0.2, -0.15) is 5.10 Å². The average Bonchev–Trinajstić information content (AvgIpc) is 2.98. The third-order valence-corrected chi connectivity index (χ3v) is 4.34. The van der Waals surface area contributed by atoms with Gasteiger partial charge in [-0.25, -0.2) is 0 Å². The van der Waals surface area contributed by atoms with Gasteiger partial charge in [-0.05, 0) is 38.8 Å². The van der Waals surface area contributed by atoms with E-state index in [9.17, 15) is 0 Å². The van der Waals surface area contributed by atoms with Crippen molar-refractivity contribution in [1.82, 2.24) is 15.1 Å². The standard InChI is InChI=1S/C17H23N3/c1-13(2)20-10-6-9-15(12-20)17-16(11-18-19-17)14-7-4-3-5-8-14/h3-5,7-8,11,13,15H,6,9-10,12H2,1-2H3,(H,18,19)/t15-/m0/s1. The van der Waals surface area contributed by atoms with Crippen molar-refractivity contribution >= 4 is 0 Å². The van der Waals surface area contributed by atoms with E-state index >= 15 is 0 Å². The van der Waals surface area contributed by atoms with Gasteiger partial charge in [0.2, 0.25) is 0 Å². The molecule has 1 fully saturated rings. The summed E-state index contributed by atoms with van der Waals surface area (Å²) in [5, 5.41) is 7.56. The normalized spacial score (nSPS) is 20.4. The first-order chi connectivity index (χ1) is 9.75. The van der Waals surface area contributed by atoms with Gasteiger partial charge in [0, 0.05) is 29.8 Å². The zero-order valence-electron chi connectivity index (χ0n) is 12.3. The fourth-order valence-electron chi connectivity index (χ4n) is 3.17. The van der Waals surface area contributed by atoms with Crippen LogP contribution in [0.1, 0.15) is 38.3 Å². The molecule has 1 aromatic carbocycles. The molecule has 3 nitrogen and oxygen atoms in total. The summed E-state index contributed by atoms with van der Waals surface area (Å²) >= 11 is 0. The lowest BCUT2D eigenvalue weighted by Gasteiger charge is -2.35. The molecule has 0 aliphatic carbocycles. The first-order valence-electron chi connectivity index (χ1n) is 7.58. The second-order valence-corrected chi connectivity index (χ2v) is 5.99. The van der Waals surface area contributed by atoms with Crippen molar-refractivity contribution in [2.24, 2.45) is 0 Å². The summed E-state index contributed by atoms with van der Waals surface area (Å²) in [6.45, 7) is 6.93. The quantitative estimate of drug-likeness (QED) is 0.922. The molecule has 1 saturated heterocycles. The van der Waals surface area contributed by atoms with Gasteiger partial charge in [0.05, 0.1) is 6.20 Å². The molecule has 0 saturated carbocycles. The smallest absolute Gasteiger partial charge is 0.0568 e. The number of piperidine rings is 1. The van der Waals surface area contributed by atoms with Gasteiger partial charge >= 0.3 is 0 Å². The zero-order valence-corrected chi connectivity index (χ0v) is 12.3. The van der Waals surface area contributed by atoms with Crippen molar-refractivity contribution in [3.05, 3.63) is 42.2 Å². The highest BCUT2D eigenvalue weighted by atomic mass is 15.2. The van der Waals surface area contributed by atoms with Gasteiger partial charge in [-0.3, -0.25) is 5.10 Å². The number of nitrogens with one attached hydrogen (secondary N) is 1. The van der Waals surface area contributed by atoms with E-state index in [1.54, 1.807) is 0 Å². The van der Waals surface area contributed by atoms with Crippen LogP contribution in [0.3, 0.4) is 0 Å². The van der Waals surface area contributed by atoms with E-state index in [1.165, 1.54) is 36.2 Å². The summed E-state index contributed by atoms with van der Waals surface area (Å²) in [6, 6.07) is 11.2. The fraction of sp³-hybridized carbons (Fsp3) is 0.471. The fourth-order valence-corrected chi connectivity index (χ4v) is 3.17. The van der Waals surface area contributed by atoms with E-state index in [-0.39, 0.29) is 0 Å². The minimum absolute atomic E-state index is 0.573. The molecule has 0 bridgehead atoms. The van der Waals surface area contributed by atoms with Crippen LogP contribution in [0.25, 0.3) is 11.1 Å². The van der Waals surface area contributed by atoms with E-state index in [2.05, 4.69) is 59.3 Å². The summed E-state index contributed by atoms with van der Waals surface area (Å²) in [5.41, 5.74) is 3.83. The molecule has 2 aromatic rings. The lowest BCUT2D eigenvalue weighted by Crippen LogP contribution is -2.39. The van der Waals surface area contributed by atoms with E-state index in [4.69, 9.17) is 0 Å². The van der Waals surface area contributed by atoms with Gasteiger partial charge in [0.25, 0.3) is 0 Å². The Morgan fingerprint density at radius 1 is 1.25 bits per heavy atom. The average molecular weight is 269 g/mol. The largest absolute Gasteiger partial charge is 0.300 e. The Kier molecular flexibility index (Phi) is 3.88. The molecule has 1 aliphatic rings. The summed E-state index contributed by atoms with van der Waals surface area (Å²) in [4.78, 5) is 2.57. The number of H-pyrrole nitrogens is 1. The van der Waals surface area contributed by atoms with Crippen molar-refractivity contribution in [1.29, 1.82) is 0 Å². The minimum Gasteiger partial charge on any atom is -0.300 e. The topological polar surface area (TPSA) is 31.9 Å². The predicted octanol–water partition coefficient (Wildman–Crippen LogP) is 3.66. The molecule has 1 aliphatic heterocycles. The number of rotatable bonds is 3. The number of hydrogen-bond donors (Lipinski definition) is 1. The molecule has 1 atom stereocenters. The van der Waals surface area contributed by atoms with Crippen LogP contribution in [-0.2, 0) is 0 Å². The zero-order chi connectivity index (χ0) is 13.9. The number of hydrogen-bond acceptors (Lipinski definition) is 2. The molecule has 0 spiro atoms. The lowest BCUT2D eigenvalue weighted by atomic mass is 9.90. The third kappa shape index (κ3) is 2.63. The summed E-state index contributed by atoms with van der Waals surface area (Å²) in [5.74, 6) is 0.573. The number of likely N-dealkylation sites (tertiary alicyclic amines) is 1. The third-order valence-electron chi connectivity index (χ3n) is 4.34. The number of benzene rings is 1. The van der Waals surface area contributed by atoms with Crippen LogP contribution < -0.4 is 0 Å². The maximum Gasteiger partial charge on any atom is 0.0568 e. The van der Waals surface area contributed by atoms with Gasteiger partial charge in [-0.1, -0.05) is 30.3 Å². The Morgan fingerprint density at radius 3 is 2.80 bits per heavy atom. The van der Waals surface area contributed by atoms with Crippen LogP contribution in [0.2, 0.25) is 0 Å². The maximum absolute atomic E-state index is 4.30. The van der Waals surface area contributed by atoms with E-state index in [0.717, 1.165) is 6.54 Å². The Balaban J connectivity index is 1.86. The molecule has 0 amide bonds. The number of aromatic nitrogens is 2. The van der Waals surface area contributed by atoms with Gasteiger partial charge < -0.3 is 4.90 Å². The highest BCUT2D eigenvalue weighted by molar-refractivity contribution is 5.65. The van der Waals surface area contributed by atoms with Crippen LogP contribution in [-0.4, -0.2) is 34.2 Å². The summed E-state index contributed by atoms with van der Waals surface area (Å²) in [7, 11) is 0. The first-order valence-corrected chi connectivity index (χ1v) is 7.58. The van der Waals surface area contributed by atoms with Crippen molar-refractivity contribution in [3.8, 4) is 11.1 Å². The Labute approximate surface area is 121 Å². The molecule has 0 unspecified atom stereocenters. The second kappa shape index (κ2) is 5.80. The monoisotopic (exact) mass is 269 g/mol. The highest BCUT2D eigenvalue weighted by Gasteiger charge is 2.26. The molecule has 106 valence electrons. The molecule has 1 aromatic heterocycles. The van der Waals surface area contributed by atoms with E-state index in [0.29, 0.717) is 12.0 Å². The van der Waals surface area contributed by atoms with Crippen LogP contribution in [0.15, 0.2) is 36.5 Å². The molecular weight excluding hydrogens is 246 g/mol. The highest BCUT2D eigenvalue weighted by Crippen LogP contribution is 2.33. The van der Waals surface area contributed by atoms with Crippen LogP contribution in [0.4, 0.5) is 0 Å². The molecule has 2 heterocycles. The molecule has 20 heavy (non-hydrogen) atoms. The van der Waals surface area contributed by atoms with Crippen LogP contribution in [0, 0.1) is 0 Å². The Morgan fingerprint density at radius 2 is 2.05 bits per heavy atom. The molecular formula is C17H23N3. The van der Waals surface area contributed by atoms with Crippen molar-refractivity contribution in [2.45, 2.75) is 38.6 Å². The summed E-state index contributed by atoms with van der Waals surface area (Å²) in [6.07, 6.45) is 4.50. The molecule has 3 rings (SSSR count). The Hall–Kier alpha value is -1.61. The van der Waals surface area contributed by atoms with Crippen molar-refractivity contribution in [3.63, 3.8) is 0 Å². The predicted molar refractivity (Wildman–Crippen MR) is 82.7 cm³/mol. The van der Waals surface area contributed by atoms with Gasteiger partial charge in [-0.15, -0.1) is 0 Å². The first kappa shape index (κ1) is 13.4. The number of aromatic amines is 1. The maximum atomic E-state index is 4.30. The van der Waals surface area contributed by atoms with Crippen LogP contribution in [0.5, 0.6) is 0 Å². The second-order valence-electron chi connectivity index (χ2n) is 5.99. The SMILES string of the molecule is CC(C)N1CCC[C@H](c2[nH]ncc2-c2ccccc2)C1. The van der Waals surface area contributed by atoms with Crippen LogP contribution >= 0.6 is 0 Å². The lowest BCUT2D eigenvalue weighted by molar-refractivity contribution is 0.166. The molecule has 0 radical (unpaired) electrons. The van der Waals surface area contributed by atoms with Gasteiger partial charge in [0.1, 0.15) is 0 Å². The van der Waals surface area contributed by atoms with E-state index < -0.39 is 0 Å². The molecule has 3 heteroatoms. The van der Waals surface area contributed by atoms with Crippen molar-refractivity contribution < 1.29 is 0 Å². The minimum atomic E-state index is 0.573.